The fourth-order valence-electron chi connectivity index (χ4n) is 4.84. The third-order valence-electron chi connectivity index (χ3n) is 6.91. The number of hydrogen-bond acceptors (Lipinski definition) is 4. The summed E-state index contributed by atoms with van der Waals surface area (Å²) in [5, 5.41) is -0.308. The molecule has 0 bridgehead atoms. The van der Waals surface area contributed by atoms with Crippen molar-refractivity contribution in [2.24, 2.45) is 0 Å². The van der Waals surface area contributed by atoms with Gasteiger partial charge in [0.25, 0.3) is 0 Å². The molecule has 0 aliphatic rings. The fraction of sp³-hybridized carbons (Fsp3) is 0.242. The van der Waals surface area contributed by atoms with Gasteiger partial charge in [0.05, 0.1) is 22.8 Å². The number of rotatable bonds is 13. The Bertz CT molecular complexity index is 1430. The molecule has 0 saturated heterocycles. The second kappa shape index (κ2) is 14.7. The molecule has 0 atom stereocenters. The summed E-state index contributed by atoms with van der Waals surface area (Å²) in [6.07, 6.45) is -1.82. The van der Waals surface area contributed by atoms with Crippen LogP contribution in [0.3, 0.4) is 0 Å². The molecule has 4 aromatic rings. The number of carbonyl (C=O) groups excluding carboxylic acids is 1. The smallest absolute Gasteiger partial charge is 0.417 e. The number of alkyl halides is 3. The normalized spacial score (nSPS) is 11.7. The Kier molecular flexibility index (Phi) is 11.1. The lowest BCUT2D eigenvalue weighted by Crippen LogP contribution is -2.31. The number of aldehydes is 1. The Labute approximate surface area is 252 Å². The van der Waals surface area contributed by atoms with Crippen molar-refractivity contribution >= 4 is 29.6 Å². The molecule has 0 amide bonds. The maximum Gasteiger partial charge on any atom is 0.417 e. The van der Waals surface area contributed by atoms with E-state index in [4.69, 9.17) is 16.3 Å². The average molecular weight is 616 g/mol. The van der Waals surface area contributed by atoms with Gasteiger partial charge in [-0.3, -0.25) is 9.69 Å². The topological polar surface area (TPSA) is 29.5 Å². The quantitative estimate of drug-likeness (QED) is 0.0649. The average Bonchev–Trinajstić information content (AvgIpc) is 2.98. The minimum atomic E-state index is -4.56. The van der Waals surface area contributed by atoms with E-state index in [1.54, 1.807) is 18.4 Å². The zero-order valence-corrected chi connectivity index (χ0v) is 24.5. The van der Waals surface area contributed by atoms with Crippen LogP contribution in [0.1, 0.15) is 45.0 Å². The number of hydrogen-bond donors (Lipinski definition) is 0. The van der Waals surface area contributed by atoms with E-state index in [0.29, 0.717) is 42.0 Å². The molecule has 0 aliphatic heterocycles. The van der Waals surface area contributed by atoms with Gasteiger partial charge >= 0.3 is 6.18 Å². The van der Waals surface area contributed by atoms with Crippen LogP contribution in [-0.2, 0) is 12.7 Å². The zero-order valence-electron chi connectivity index (χ0n) is 22.9. The van der Waals surface area contributed by atoms with Gasteiger partial charge in [0.2, 0.25) is 0 Å². The van der Waals surface area contributed by atoms with Gasteiger partial charge in [-0.1, -0.05) is 84.4 Å². The SMILES string of the molecule is CSc1cc(OCCCN(Cc2cccc(C(F)(F)F)c2Cl)CC(c2ccccc2)c2ccccc2)cc(F)c1C=O. The van der Waals surface area contributed by atoms with Crippen molar-refractivity contribution in [3.63, 3.8) is 0 Å². The van der Waals surface area contributed by atoms with Crippen LogP contribution in [0.2, 0.25) is 5.02 Å². The van der Waals surface area contributed by atoms with Gasteiger partial charge in [0.1, 0.15) is 11.6 Å². The van der Waals surface area contributed by atoms with Gasteiger partial charge in [-0.25, -0.2) is 4.39 Å². The highest BCUT2D eigenvalue weighted by Crippen LogP contribution is 2.37. The molecule has 4 aromatic carbocycles. The Morgan fingerprint density at radius 1 is 0.952 bits per heavy atom. The van der Waals surface area contributed by atoms with Crippen molar-refractivity contribution in [1.29, 1.82) is 0 Å². The van der Waals surface area contributed by atoms with Crippen LogP contribution in [-0.4, -0.2) is 37.1 Å². The van der Waals surface area contributed by atoms with E-state index in [0.717, 1.165) is 17.2 Å². The van der Waals surface area contributed by atoms with Gasteiger partial charge < -0.3 is 4.74 Å². The number of ether oxygens (including phenoxy) is 1. The highest BCUT2D eigenvalue weighted by molar-refractivity contribution is 7.98. The Morgan fingerprint density at radius 3 is 2.17 bits per heavy atom. The predicted molar refractivity (Wildman–Crippen MR) is 160 cm³/mol. The Morgan fingerprint density at radius 2 is 1.60 bits per heavy atom. The molecule has 0 unspecified atom stereocenters. The maximum atomic E-state index is 14.4. The van der Waals surface area contributed by atoms with Crippen LogP contribution in [0.4, 0.5) is 17.6 Å². The van der Waals surface area contributed by atoms with E-state index in [1.165, 1.54) is 23.9 Å². The molecule has 9 heteroatoms. The summed E-state index contributed by atoms with van der Waals surface area (Å²) in [6.45, 7) is 1.42. The van der Waals surface area contributed by atoms with Crippen LogP contribution < -0.4 is 4.74 Å². The summed E-state index contributed by atoms with van der Waals surface area (Å²) in [5.41, 5.74) is 1.67. The lowest BCUT2D eigenvalue weighted by molar-refractivity contribution is -0.137. The number of thioether (sulfide) groups is 1. The van der Waals surface area contributed by atoms with Crippen LogP contribution in [0, 0.1) is 5.82 Å². The minimum Gasteiger partial charge on any atom is -0.493 e. The van der Waals surface area contributed by atoms with E-state index in [-0.39, 0.29) is 29.7 Å². The first-order chi connectivity index (χ1) is 20.2. The molecule has 0 heterocycles. The van der Waals surface area contributed by atoms with Crippen LogP contribution >= 0.6 is 23.4 Å². The molecule has 0 fully saturated rings. The van der Waals surface area contributed by atoms with Gasteiger partial charge in [0.15, 0.2) is 6.29 Å². The van der Waals surface area contributed by atoms with E-state index in [9.17, 15) is 22.4 Å². The summed E-state index contributed by atoms with van der Waals surface area (Å²) in [6, 6.07) is 26.7. The Hall–Kier alpha value is -3.33. The predicted octanol–water partition coefficient (Wildman–Crippen LogP) is 9.14. The minimum absolute atomic E-state index is 0.00754. The highest BCUT2D eigenvalue weighted by atomic mass is 35.5. The summed E-state index contributed by atoms with van der Waals surface area (Å²) < 4.78 is 61.0. The van der Waals surface area contributed by atoms with E-state index >= 15 is 0 Å². The molecule has 0 spiro atoms. The molecule has 0 aromatic heterocycles. The van der Waals surface area contributed by atoms with Crippen molar-refractivity contribution in [3.05, 3.63) is 130 Å². The van der Waals surface area contributed by atoms with E-state index < -0.39 is 17.6 Å². The lowest BCUT2D eigenvalue weighted by atomic mass is 9.90. The molecule has 0 saturated carbocycles. The molecule has 42 heavy (non-hydrogen) atoms. The van der Waals surface area contributed by atoms with Gasteiger partial charge in [-0.05, 0) is 41.5 Å². The molecule has 0 N–H and O–H groups in total. The standard InChI is InChI=1S/C33H30ClF4NO2S/c1-42-31-19-26(18-30(35)28(31)22-40)41-17-9-16-39(20-25-14-8-15-29(32(25)34)33(36,37)38)21-27(23-10-4-2-5-11-23)24-12-6-3-7-13-24/h2-8,10-15,18-19,22,27H,9,16-17,20-21H2,1H3. The number of benzene rings is 4. The van der Waals surface area contributed by atoms with Crippen molar-refractivity contribution in [2.75, 3.05) is 26.0 Å². The number of halogens is 5. The third-order valence-corrected chi connectivity index (χ3v) is 8.14. The van der Waals surface area contributed by atoms with Crippen LogP contribution in [0.15, 0.2) is 95.9 Å². The van der Waals surface area contributed by atoms with Crippen LogP contribution in [0.5, 0.6) is 5.75 Å². The largest absolute Gasteiger partial charge is 0.493 e. The number of carbonyl (C=O) groups is 1. The molecule has 220 valence electrons. The fourth-order valence-corrected chi connectivity index (χ4v) is 5.73. The first-order valence-corrected chi connectivity index (χ1v) is 14.9. The monoisotopic (exact) mass is 615 g/mol. The molecule has 0 aliphatic carbocycles. The van der Waals surface area contributed by atoms with Crippen molar-refractivity contribution < 1.29 is 27.1 Å². The van der Waals surface area contributed by atoms with E-state index in [2.05, 4.69) is 4.90 Å². The summed E-state index contributed by atoms with van der Waals surface area (Å²) >= 11 is 7.53. The second-order valence-electron chi connectivity index (χ2n) is 9.73. The highest BCUT2D eigenvalue weighted by Gasteiger charge is 2.34. The summed E-state index contributed by atoms with van der Waals surface area (Å²) in [7, 11) is 0. The first kappa shape index (κ1) is 31.6. The first-order valence-electron chi connectivity index (χ1n) is 13.3. The second-order valence-corrected chi connectivity index (χ2v) is 11.0. The molecular weight excluding hydrogens is 586 g/mol. The maximum absolute atomic E-state index is 14.4. The zero-order chi connectivity index (χ0) is 30.1. The van der Waals surface area contributed by atoms with Gasteiger partial charge in [-0.2, -0.15) is 13.2 Å². The Balaban J connectivity index is 1.57. The molecule has 4 rings (SSSR count). The molecule has 3 nitrogen and oxygen atoms in total. The third kappa shape index (κ3) is 8.15. The number of nitrogens with zero attached hydrogens (tertiary/aromatic N) is 1. The van der Waals surface area contributed by atoms with Crippen molar-refractivity contribution in [1.82, 2.24) is 4.90 Å². The summed E-state index contributed by atoms with van der Waals surface area (Å²) in [5.74, 6) is -0.394. The molecule has 0 radical (unpaired) electrons. The van der Waals surface area contributed by atoms with E-state index in [1.807, 2.05) is 60.7 Å². The van der Waals surface area contributed by atoms with Crippen molar-refractivity contribution in [3.8, 4) is 5.75 Å². The van der Waals surface area contributed by atoms with Crippen molar-refractivity contribution in [2.45, 2.75) is 30.0 Å². The summed E-state index contributed by atoms with van der Waals surface area (Å²) in [4.78, 5) is 13.8. The van der Waals surface area contributed by atoms with Crippen LogP contribution in [0.25, 0.3) is 0 Å². The van der Waals surface area contributed by atoms with Gasteiger partial charge in [-0.15, -0.1) is 11.8 Å². The van der Waals surface area contributed by atoms with Gasteiger partial charge in [0, 0.05) is 36.5 Å². The molecular formula is C33H30ClF4NO2S. The lowest BCUT2D eigenvalue weighted by Gasteiger charge is -2.29.